The maximum Gasteiger partial charge on any atom is 0.339 e. The number of rotatable bonds is 9. The molecule has 3 rings (SSSR count). The van der Waals surface area contributed by atoms with Gasteiger partial charge >= 0.3 is 5.97 Å². The minimum atomic E-state index is -0.549. The molecular weight excluding hydrogens is 370 g/mol. The Morgan fingerprint density at radius 3 is 2.31 bits per heavy atom. The normalized spacial score (nSPS) is 14.9. The van der Waals surface area contributed by atoms with Gasteiger partial charge in [-0.15, -0.1) is 0 Å². The SMILES string of the molecule is CCCCN(CC)c1ccc2c(c1)C(=O)OC2c1ccc(OC)c(OC)c1OC. The van der Waals surface area contributed by atoms with Crippen molar-refractivity contribution in [3.8, 4) is 17.2 Å². The fourth-order valence-electron chi connectivity index (χ4n) is 3.76. The number of anilines is 1. The number of esters is 1. The number of nitrogens with zero attached hydrogens (tertiary/aromatic N) is 1. The van der Waals surface area contributed by atoms with Crippen molar-refractivity contribution in [3.63, 3.8) is 0 Å². The predicted molar refractivity (Wildman–Crippen MR) is 113 cm³/mol. The highest BCUT2D eigenvalue weighted by Crippen LogP contribution is 2.47. The number of carbonyl (C=O) groups is 1. The molecule has 0 aliphatic carbocycles. The number of unbranched alkanes of at least 4 members (excludes halogenated alkanes) is 1. The molecule has 0 amide bonds. The van der Waals surface area contributed by atoms with Crippen molar-refractivity contribution in [2.45, 2.75) is 32.8 Å². The van der Waals surface area contributed by atoms with Crippen molar-refractivity contribution >= 4 is 11.7 Å². The average molecular weight is 399 g/mol. The molecule has 0 saturated carbocycles. The summed E-state index contributed by atoms with van der Waals surface area (Å²) in [4.78, 5) is 14.9. The summed E-state index contributed by atoms with van der Waals surface area (Å²) < 4.78 is 22.2. The van der Waals surface area contributed by atoms with Crippen molar-refractivity contribution < 1.29 is 23.7 Å². The van der Waals surface area contributed by atoms with Crippen LogP contribution in [0.5, 0.6) is 17.2 Å². The molecule has 0 fully saturated rings. The standard InChI is InChI=1S/C23H29NO5/c1-6-8-13-24(7-2)15-9-10-16-18(14-15)23(25)29-20(16)17-11-12-19(26-3)22(28-5)21(17)27-4/h9-12,14,20H,6-8,13H2,1-5H3. The molecule has 6 heteroatoms. The van der Waals surface area contributed by atoms with Crippen LogP contribution in [0, 0.1) is 0 Å². The third-order valence-electron chi connectivity index (χ3n) is 5.31. The number of cyclic esters (lactones) is 1. The van der Waals surface area contributed by atoms with Crippen LogP contribution in [0.25, 0.3) is 0 Å². The van der Waals surface area contributed by atoms with E-state index in [1.165, 1.54) is 0 Å². The molecule has 6 nitrogen and oxygen atoms in total. The van der Waals surface area contributed by atoms with Crippen LogP contribution in [0.15, 0.2) is 30.3 Å². The van der Waals surface area contributed by atoms with Crippen LogP contribution in [-0.2, 0) is 4.74 Å². The van der Waals surface area contributed by atoms with Gasteiger partial charge in [0.25, 0.3) is 0 Å². The molecular formula is C23H29NO5. The molecule has 0 aromatic heterocycles. The number of carbonyl (C=O) groups excluding carboxylic acids is 1. The van der Waals surface area contributed by atoms with Crippen molar-refractivity contribution in [2.24, 2.45) is 0 Å². The molecule has 29 heavy (non-hydrogen) atoms. The summed E-state index contributed by atoms with van der Waals surface area (Å²) in [5.74, 6) is 1.21. The Labute approximate surface area is 172 Å². The van der Waals surface area contributed by atoms with E-state index in [4.69, 9.17) is 18.9 Å². The quantitative estimate of drug-likeness (QED) is 0.575. The lowest BCUT2D eigenvalue weighted by Crippen LogP contribution is -2.24. The van der Waals surface area contributed by atoms with Gasteiger partial charge in [-0.05, 0) is 37.6 Å². The van der Waals surface area contributed by atoms with Crippen LogP contribution in [-0.4, -0.2) is 40.4 Å². The van der Waals surface area contributed by atoms with Crippen LogP contribution in [0.1, 0.15) is 54.3 Å². The summed E-state index contributed by atoms with van der Waals surface area (Å²) in [5.41, 5.74) is 3.19. The van der Waals surface area contributed by atoms with E-state index in [9.17, 15) is 4.79 Å². The van der Waals surface area contributed by atoms with Crippen LogP contribution in [0.2, 0.25) is 0 Å². The fraction of sp³-hybridized carbons (Fsp3) is 0.435. The van der Waals surface area contributed by atoms with E-state index < -0.39 is 6.10 Å². The highest BCUT2D eigenvalue weighted by Gasteiger charge is 2.36. The zero-order chi connectivity index (χ0) is 21.0. The lowest BCUT2D eigenvalue weighted by Gasteiger charge is -2.23. The topological polar surface area (TPSA) is 57.2 Å². The molecule has 2 aromatic carbocycles. The van der Waals surface area contributed by atoms with Crippen molar-refractivity contribution in [3.05, 3.63) is 47.0 Å². The second-order valence-corrected chi connectivity index (χ2v) is 6.91. The molecule has 2 aromatic rings. The number of fused-ring (bicyclic) bond motifs is 1. The summed E-state index contributed by atoms with van der Waals surface area (Å²) in [7, 11) is 4.69. The average Bonchev–Trinajstić information content (AvgIpc) is 3.08. The maximum absolute atomic E-state index is 12.7. The van der Waals surface area contributed by atoms with Gasteiger partial charge in [-0.25, -0.2) is 4.79 Å². The highest BCUT2D eigenvalue weighted by atomic mass is 16.6. The summed E-state index contributed by atoms with van der Waals surface area (Å²) in [6.45, 7) is 6.15. The van der Waals surface area contributed by atoms with Crippen molar-refractivity contribution in [2.75, 3.05) is 39.3 Å². The summed E-state index contributed by atoms with van der Waals surface area (Å²) in [6.07, 6.45) is 1.69. The Hall–Kier alpha value is -2.89. The molecule has 1 aliphatic rings. The molecule has 0 saturated heterocycles. The van der Waals surface area contributed by atoms with E-state index >= 15 is 0 Å². The first kappa shape index (κ1) is 20.8. The predicted octanol–water partition coefficient (Wildman–Crippen LogP) is 4.60. The molecule has 0 bridgehead atoms. The lowest BCUT2D eigenvalue weighted by molar-refractivity contribution is 0.0452. The monoisotopic (exact) mass is 399 g/mol. The van der Waals surface area contributed by atoms with E-state index in [0.717, 1.165) is 42.7 Å². The highest BCUT2D eigenvalue weighted by molar-refractivity contribution is 5.96. The minimum Gasteiger partial charge on any atom is -0.493 e. The van der Waals surface area contributed by atoms with Gasteiger partial charge in [-0.3, -0.25) is 0 Å². The third-order valence-corrected chi connectivity index (χ3v) is 5.31. The van der Waals surface area contributed by atoms with E-state index in [1.54, 1.807) is 27.4 Å². The molecule has 0 radical (unpaired) electrons. The number of methoxy groups -OCH3 is 3. The largest absolute Gasteiger partial charge is 0.493 e. The van der Waals surface area contributed by atoms with Gasteiger partial charge in [-0.2, -0.15) is 0 Å². The molecule has 1 aliphatic heterocycles. The smallest absolute Gasteiger partial charge is 0.339 e. The lowest BCUT2D eigenvalue weighted by atomic mass is 9.97. The molecule has 1 unspecified atom stereocenters. The summed E-state index contributed by atoms with van der Waals surface area (Å²) >= 11 is 0. The zero-order valence-corrected chi connectivity index (χ0v) is 17.8. The Morgan fingerprint density at radius 1 is 0.966 bits per heavy atom. The number of hydrogen-bond donors (Lipinski definition) is 0. The van der Waals surface area contributed by atoms with E-state index in [2.05, 4.69) is 24.8 Å². The van der Waals surface area contributed by atoms with Gasteiger partial charge in [-0.1, -0.05) is 19.4 Å². The third kappa shape index (κ3) is 3.84. The summed E-state index contributed by atoms with van der Waals surface area (Å²) in [5, 5.41) is 0. The second-order valence-electron chi connectivity index (χ2n) is 6.91. The Bertz CT molecular complexity index is 880. The molecule has 1 heterocycles. The van der Waals surface area contributed by atoms with Crippen LogP contribution < -0.4 is 19.1 Å². The van der Waals surface area contributed by atoms with Gasteiger partial charge in [0.2, 0.25) is 5.75 Å². The first-order valence-electron chi connectivity index (χ1n) is 9.98. The van der Waals surface area contributed by atoms with E-state index in [1.807, 2.05) is 18.2 Å². The molecule has 1 atom stereocenters. The fourth-order valence-corrected chi connectivity index (χ4v) is 3.76. The van der Waals surface area contributed by atoms with Crippen LogP contribution in [0.3, 0.4) is 0 Å². The summed E-state index contributed by atoms with van der Waals surface area (Å²) in [6, 6.07) is 9.61. The Morgan fingerprint density at radius 2 is 1.69 bits per heavy atom. The second kappa shape index (κ2) is 9.07. The number of benzene rings is 2. The molecule has 0 N–H and O–H groups in total. The molecule has 0 spiro atoms. The van der Waals surface area contributed by atoms with Gasteiger partial charge in [0, 0.05) is 29.9 Å². The number of hydrogen-bond acceptors (Lipinski definition) is 6. The van der Waals surface area contributed by atoms with Crippen molar-refractivity contribution in [1.82, 2.24) is 0 Å². The van der Waals surface area contributed by atoms with Crippen LogP contribution >= 0.6 is 0 Å². The molecule has 156 valence electrons. The van der Waals surface area contributed by atoms with Gasteiger partial charge in [0.15, 0.2) is 17.6 Å². The van der Waals surface area contributed by atoms with Crippen LogP contribution in [0.4, 0.5) is 5.69 Å². The van der Waals surface area contributed by atoms with E-state index in [-0.39, 0.29) is 5.97 Å². The first-order valence-corrected chi connectivity index (χ1v) is 9.98. The van der Waals surface area contributed by atoms with E-state index in [0.29, 0.717) is 22.8 Å². The minimum absolute atomic E-state index is 0.324. The van der Waals surface area contributed by atoms with Gasteiger partial charge in [0.1, 0.15) is 0 Å². The maximum atomic E-state index is 12.7. The van der Waals surface area contributed by atoms with Gasteiger partial charge in [0.05, 0.1) is 26.9 Å². The van der Waals surface area contributed by atoms with Gasteiger partial charge < -0.3 is 23.8 Å². The van der Waals surface area contributed by atoms with Crippen molar-refractivity contribution in [1.29, 1.82) is 0 Å². The Balaban J connectivity index is 2.02. The zero-order valence-electron chi connectivity index (χ0n) is 17.8. The number of ether oxygens (including phenoxy) is 4. The Kier molecular flexibility index (Phi) is 6.52. The first-order chi connectivity index (χ1) is 14.1.